The maximum Gasteiger partial charge on any atom is 0.303 e. The normalized spacial score (nSPS) is 27.3. The molecule has 0 aromatic rings. The molecule has 2 aliphatic rings. The second-order valence-electron chi connectivity index (χ2n) is 7.83. The molecule has 2 aliphatic heterocycles. The van der Waals surface area contributed by atoms with Crippen molar-refractivity contribution in [2.45, 2.75) is 89.8 Å². The van der Waals surface area contributed by atoms with Crippen LogP contribution in [0.1, 0.15) is 77.6 Å². The Morgan fingerprint density at radius 2 is 1.77 bits per heavy atom. The van der Waals surface area contributed by atoms with Gasteiger partial charge in [-0.25, -0.2) is 0 Å². The maximum atomic E-state index is 10.5. The van der Waals surface area contributed by atoms with Gasteiger partial charge in [0.15, 0.2) is 0 Å². The first kappa shape index (κ1) is 22.0. The fraction of sp³-hybridized carbons (Fsp3) is 0.952. The second kappa shape index (κ2) is 13.0. The molecule has 2 bridgehead atoms. The molecule has 4 nitrogen and oxygen atoms in total. The summed E-state index contributed by atoms with van der Waals surface area (Å²) in [7, 11) is 0. The molecule has 4 atom stereocenters. The van der Waals surface area contributed by atoms with Crippen LogP contribution in [0.4, 0.5) is 0 Å². The largest absolute Gasteiger partial charge is 0.481 e. The highest BCUT2D eigenvalue weighted by molar-refractivity contribution is 7.99. The summed E-state index contributed by atoms with van der Waals surface area (Å²) in [5.41, 5.74) is 0. The lowest BCUT2D eigenvalue weighted by molar-refractivity contribution is -0.137. The van der Waals surface area contributed by atoms with E-state index < -0.39 is 5.97 Å². The fourth-order valence-electron chi connectivity index (χ4n) is 4.42. The number of carboxylic acid groups (broad SMARTS) is 1. The smallest absolute Gasteiger partial charge is 0.303 e. The summed E-state index contributed by atoms with van der Waals surface area (Å²) in [6, 6.07) is 0. The monoisotopic (exact) mass is 386 g/mol. The van der Waals surface area contributed by atoms with Crippen molar-refractivity contribution in [2.75, 3.05) is 24.7 Å². The van der Waals surface area contributed by atoms with Crippen LogP contribution < -0.4 is 0 Å². The molecule has 152 valence electrons. The molecular formula is C21H38O4S. The molecular weight excluding hydrogens is 348 g/mol. The van der Waals surface area contributed by atoms with Crippen LogP contribution in [0.2, 0.25) is 0 Å². The number of fused-ring (bicyclic) bond motifs is 2. The number of carbonyl (C=O) groups is 1. The number of hydrogen-bond acceptors (Lipinski definition) is 4. The van der Waals surface area contributed by atoms with Crippen LogP contribution in [0.25, 0.3) is 0 Å². The van der Waals surface area contributed by atoms with E-state index in [2.05, 4.69) is 6.92 Å². The summed E-state index contributed by atoms with van der Waals surface area (Å²) in [6.45, 7) is 4.05. The van der Waals surface area contributed by atoms with Crippen molar-refractivity contribution in [3.8, 4) is 0 Å². The Labute approximate surface area is 163 Å². The number of ether oxygens (including phenoxy) is 2. The van der Waals surface area contributed by atoms with Crippen LogP contribution in [0.15, 0.2) is 0 Å². The molecule has 0 spiro atoms. The lowest BCUT2D eigenvalue weighted by atomic mass is 9.76. The Kier molecular flexibility index (Phi) is 11.0. The van der Waals surface area contributed by atoms with Crippen LogP contribution in [-0.4, -0.2) is 48.0 Å². The first-order valence-electron chi connectivity index (χ1n) is 10.7. The third kappa shape index (κ3) is 7.77. The SMILES string of the molecule is CCCCCCOCC[C@H]1[C@@H](CCSCCCCC(=O)O)[C@H]2CC[C@@H]1O2. The Morgan fingerprint density at radius 3 is 2.50 bits per heavy atom. The third-order valence-corrected chi connectivity index (χ3v) is 6.95. The molecule has 0 radical (unpaired) electrons. The van der Waals surface area contributed by atoms with E-state index in [0.717, 1.165) is 38.2 Å². The Morgan fingerprint density at radius 1 is 1.00 bits per heavy atom. The topological polar surface area (TPSA) is 55.8 Å². The number of carboxylic acids is 1. The van der Waals surface area contributed by atoms with Crippen molar-refractivity contribution in [1.82, 2.24) is 0 Å². The molecule has 0 aromatic carbocycles. The fourth-order valence-corrected chi connectivity index (χ4v) is 5.48. The van der Waals surface area contributed by atoms with Crippen molar-refractivity contribution < 1.29 is 19.4 Å². The van der Waals surface area contributed by atoms with Crippen molar-refractivity contribution >= 4 is 17.7 Å². The molecule has 5 heteroatoms. The number of unbranched alkanes of at least 4 members (excludes halogenated alkanes) is 4. The van der Waals surface area contributed by atoms with Gasteiger partial charge in [-0.2, -0.15) is 11.8 Å². The van der Waals surface area contributed by atoms with Crippen LogP contribution in [0.5, 0.6) is 0 Å². The first-order chi connectivity index (χ1) is 12.7. The van der Waals surface area contributed by atoms with Gasteiger partial charge in [0.05, 0.1) is 12.2 Å². The molecule has 2 saturated heterocycles. The summed E-state index contributed by atoms with van der Waals surface area (Å²) in [5, 5.41) is 8.66. The van der Waals surface area contributed by atoms with Gasteiger partial charge in [0.2, 0.25) is 0 Å². The summed E-state index contributed by atoms with van der Waals surface area (Å²) in [4.78, 5) is 10.5. The maximum absolute atomic E-state index is 10.5. The van der Waals surface area contributed by atoms with Gasteiger partial charge >= 0.3 is 5.97 Å². The van der Waals surface area contributed by atoms with E-state index in [0.29, 0.717) is 30.5 Å². The number of aliphatic carboxylic acids is 1. The zero-order valence-corrected chi connectivity index (χ0v) is 17.3. The van der Waals surface area contributed by atoms with Gasteiger partial charge in [0.25, 0.3) is 0 Å². The predicted molar refractivity (Wildman–Crippen MR) is 108 cm³/mol. The molecule has 0 aromatic heterocycles. The molecule has 0 amide bonds. The summed E-state index contributed by atoms with van der Waals surface area (Å²) < 4.78 is 12.1. The molecule has 1 N–H and O–H groups in total. The Bertz CT molecular complexity index is 390. The van der Waals surface area contributed by atoms with Crippen molar-refractivity contribution in [2.24, 2.45) is 11.8 Å². The van der Waals surface area contributed by atoms with Gasteiger partial charge in [-0.15, -0.1) is 0 Å². The van der Waals surface area contributed by atoms with Crippen molar-refractivity contribution in [3.63, 3.8) is 0 Å². The molecule has 0 aliphatic carbocycles. The van der Waals surface area contributed by atoms with Gasteiger partial charge in [0, 0.05) is 19.6 Å². The van der Waals surface area contributed by atoms with Crippen LogP contribution in [0, 0.1) is 11.8 Å². The number of thioether (sulfide) groups is 1. The lowest BCUT2D eigenvalue weighted by Crippen LogP contribution is -2.28. The van der Waals surface area contributed by atoms with E-state index in [1.54, 1.807) is 0 Å². The van der Waals surface area contributed by atoms with Gasteiger partial charge < -0.3 is 14.6 Å². The minimum Gasteiger partial charge on any atom is -0.481 e. The molecule has 2 fully saturated rings. The zero-order valence-electron chi connectivity index (χ0n) is 16.5. The van der Waals surface area contributed by atoms with Gasteiger partial charge in [-0.1, -0.05) is 26.2 Å². The predicted octanol–water partition coefficient (Wildman–Crippen LogP) is 5.15. The van der Waals surface area contributed by atoms with Crippen LogP contribution >= 0.6 is 11.8 Å². The molecule has 2 rings (SSSR count). The highest BCUT2D eigenvalue weighted by atomic mass is 32.2. The van der Waals surface area contributed by atoms with Crippen LogP contribution in [-0.2, 0) is 14.3 Å². The highest BCUT2D eigenvalue weighted by Crippen LogP contribution is 2.46. The van der Waals surface area contributed by atoms with Gasteiger partial charge in [-0.3, -0.25) is 4.79 Å². The number of rotatable bonds is 16. The minimum atomic E-state index is -0.676. The van der Waals surface area contributed by atoms with E-state index in [-0.39, 0.29) is 0 Å². The summed E-state index contributed by atoms with van der Waals surface area (Å²) in [6.07, 6.45) is 13.1. The summed E-state index contributed by atoms with van der Waals surface area (Å²) >= 11 is 1.98. The standard InChI is InChI=1S/C21H38O4S/c1-2-3-4-6-13-24-14-11-17-18(20-10-9-19(17)25-20)12-16-26-15-7-5-8-21(22)23/h17-20H,2-16H2,1H3,(H,22,23)/t17-,18+,19-,20+/m0/s1. The van der Waals surface area contributed by atoms with Gasteiger partial charge in [-0.05, 0) is 68.3 Å². The number of hydrogen-bond donors (Lipinski definition) is 1. The van der Waals surface area contributed by atoms with Crippen molar-refractivity contribution in [1.29, 1.82) is 0 Å². The summed E-state index contributed by atoms with van der Waals surface area (Å²) in [5.74, 6) is 2.99. The zero-order chi connectivity index (χ0) is 18.6. The Balaban J connectivity index is 1.55. The lowest BCUT2D eigenvalue weighted by Gasteiger charge is -2.28. The first-order valence-corrected chi connectivity index (χ1v) is 11.9. The molecule has 0 unspecified atom stereocenters. The van der Waals surface area contributed by atoms with E-state index in [1.165, 1.54) is 50.7 Å². The average Bonchev–Trinajstić information content (AvgIpc) is 3.22. The average molecular weight is 387 g/mol. The molecule has 2 heterocycles. The highest BCUT2D eigenvalue weighted by Gasteiger charge is 2.47. The van der Waals surface area contributed by atoms with E-state index in [1.807, 2.05) is 11.8 Å². The molecule has 26 heavy (non-hydrogen) atoms. The van der Waals surface area contributed by atoms with E-state index >= 15 is 0 Å². The van der Waals surface area contributed by atoms with Crippen molar-refractivity contribution in [3.05, 3.63) is 0 Å². The van der Waals surface area contributed by atoms with E-state index in [9.17, 15) is 4.79 Å². The second-order valence-corrected chi connectivity index (χ2v) is 9.06. The molecule has 0 saturated carbocycles. The third-order valence-electron chi connectivity index (χ3n) is 5.85. The minimum absolute atomic E-state index is 0.307. The van der Waals surface area contributed by atoms with Crippen LogP contribution in [0.3, 0.4) is 0 Å². The van der Waals surface area contributed by atoms with Gasteiger partial charge in [0.1, 0.15) is 0 Å². The Hall–Kier alpha value is -0.260. The van der Waals surface area contributed by atoms with E-state index in [4.69, 9.17) is 14.6 Å². The quantitative estimate of drug-likeness (QED) is 0.372.